The highest BCUT2D eigenvalue weighted by atomic mass is 16.7. The van der Waals surface area contributed by atoms with Gasteiger partial charge in [0.2, 0.25) is 11.8 Å². The second kappa shape index (κ2) is 9.17. The van der Waals surface area contributed by atoms with Gasteiger partial charge in [-0.3, -0.25) is 4.79 Å². The summed E-state index contributed by atoms with van der Waals surface area (Å²) in [5, 5.41) is 2.65. The molecule has 1 aliphatic heterocycles. The lowest BCUT2D eigenvalue weighted by molar-refractivity contribution is -0.208. The van der Waals surface area contributed by atoms with E-state index < -0.39 is 6.29 Å². The van der Waals surface area contributed by atoms with Crippen LogP contribution in [-0.4, -0.2) is 43.0 Å². The maximum Gasteiger partial charge on any atom is 0.217 e. The van der Waals surface area contributed by atoms with Crippen LogP contribution in [0.15, 0.2) is 48.7 Å². The Balaban J connectivity index is 1.41. The fraction of sp³-hybridized carbons (Fsp3) is 0.368. The zero-order valence-electron chi connectivity index (χ0n) is 14.6. The highest BCUT2D eigenvalue weighted by Crippen LogP contribution is 2.18. The van der Waals surface area contributed by atoms with Crippen molar-refractivity contribution in [3.63, 3.8) is 0 Å². The molecule has 1 amide bonds. The molecule has 1 aromatic heterocycles. The standard InChI is InChI=1S/C19H22N2O5/c1-14(22)20-10-19-24-12-17(13-25-19)26-18-8-7-16(9-21-18)23-11-15-5-3-2-4-6-15/h2-9,17,19H,10-13H2,1H3,(H,20,22)/t17-,19-. The number of nitrogens with one attached hydrogen (secondary N) is 1. The Morgan fingerprint density at radius 3 is 2.62 bits per heavy atom. The summed E-state index contributed by atoms with van der Waals surface area (Å²) in [6.07, 6.45) is 0.940. The maximum absolute atomic E-state index is 10.9. The van der Waals surface area contributed by atoms with Gasteiger partial charge in [-0.25, -0.2) is 4.98 Å². The van der Waals surface area contributed by atoms with Crippen LogP contribution in [0.1, 0.15) is 12.5 Å². The van der Waals surface area contributed by atoms with Crippen LogP contribution < -0.4 is 14.8 Å². The number of pyridine rings is 1. The Hall–Kier alpha value is -2.64. The molecule has 0 atom stereocenters. The number of rotatable bonds is 7. The molecule has 2 heterocycles. The SMILES string of the molecule is CC(=O)NC[C@H]1OC[C@H](Oc2ccc(OCc3ccccc3)cn2)CO1. The van der Waals surface area contributed by atoms with Gasteiger partial charge in [-0.15, -0.1) is 0 Å². The zero-order chi connectivity index (χ0) is 18.2. The molecular formula is C19H22N2O5. The summed E-state index contributed by atoms with van der Waals surface area (Å²) < 4.78 is 22.5. The lowest BCUT2D eigenvalue weighted by atomic mass is 10.2. The van der Waals surface area contributed by atoms with Crippen molar-refractivity contribution in [2.24, 2.45) is 0 Å². The van der Waals surface area contributed by atoms with Crippen molar-refractivity contribution in [3.8, 4) is 11.6 Å². The minimum Gasteiger partial charge on any atom is -0.487 e. The molecule has 3 rings (SSSR count). The zero-order valence-corrected chi connectivity index (χ0v) is 14.6. The van der Waals surface area contributed by atoms with Gasteiger partial charge in [0.25, 0.3) is 0 Å². The molecule has 1 fully saturated rings. The number of carbonyl (C=O) groups excluding carboxylic acids is 1. The van der Waals surface area contributed by atoms with Gasteiger partial charge in [-0.05, 0) is 11.6 Å². The smallest absolute Gasteiger partial charge is 0.217 e. The molecule has 1 N–H and O–H groups in total. The molecule has 7 nitrogen and oxygen atoms in total. The van der Waals surface area contributed by atoms with E-state index in [1.54, 1.807) is 12.3 Å². The van der Waals surface area contributed by atoms with E-state index in [1.165, 1.54) is 6.92 Å². The summed E-state index contributed by atoms with van der Waals surface area (Å²) in [5.74, 6) is 1.04. The molecule has 0 unspecified atom stereocenters. The van der Waals surface area contributed by atoms with Gasteiger partial charge in [-0.1, -0.05) is 30.3 Å². The molecule has 2 aromatic rings. The van der Waals surface area contributed by atoms with E-state index in [9.17, 15) is 4.79 Å². The Labute approximate surface area is 152 Å². The van der Waals surface area contributed by atoms with Crippen LogP contribution in [0.2, 0.25) is 0 Å². The van der Waals surface area contributed by atoms with Crippen LogP contribution >= 0.6 is 0 Å². The van der Waals surface area contributed by atoms with Gasteiger partial charge >= 0.3 is 0 Å². The third-order valence-corrected chi connectivity index (χ3v) is 3.70. The summed E-state index contributed by atoms with van der Waals surface area (Å²) in [4.78, 5) is 15.1. The van der Waals surface area contributed by atoms with E-state index in [0.29, 0.717) is 38.0 Å². The molecule has 26 heavy (non-hydrogen) atoms. The highest BCUT2D eigenvalue weighted by molar-refractivity contribution is 5.72. The highest BCUT2D eigenvalue weighted by Gasteiger charge is 2.23. The molecule has 138 valence electrons. The van der Waals surface area contributed by atoms with Crippen LogP contribution in [0.3, 0.4) is 0 Å². The van der Waals surface area contributed by atoms with Gasteiger partial charge in [0.05, 0.1) is 26.0 Å². The number of hydrogen-bond donors (Lipinski definition) is 1. The third kappa shape index (κ3) is 5.72. The Kier molecular flexibility index (Phi) is 6.40. The number of hydrogen-bond acceptors (Lipinski definition) is 6. The van der Waals surface area contributed by atoms with E-state index in [1.807, 2.05) is 36.4 Å². The fourth-order valence-electron chi connectivity index (χ4n) is 2.37. The topological polar surface area (TPSA) is 78.9 Å². The first-order chi connectivity index (χ1) is 12.7. The van der Waals surface area contributed by atoms with E-state index >= 15 is 0 Å². The van der Waals surface area contributed by atoms with Gasteiger partial charge in [0, 0.05) is 13.0 Å². The van der Waals surface area contributed by atoms with Crippen molar-refractivity contribution in [1.82, 2.24) is 10.3 Å². The minimum absolute atomic E-state index is 0.116. The predicted octanol–water partition coefficient (Wildman–Crippen LogP) is 1.92. The molecule has 0 spiro atoms. The average molecular weight is 358 g/mol. The Morgan fingerprint density at radius 1 is 1.19 bits per heavy atom. The Bertz CT molecular complexity index is 685. The minimum atomic E-state index is -0.444. The van der Waals surface area contributed by atoms with Crippen molar-refractivity contribution >= 4 is 5.91 Å². The number of nitrogens with zero attached hydrogens (tertiary/aromatic N) is 1. The monoisotopic (exact) mass is 358 g/mol. The van der Waals surface area contributed by atoms with Crippen LogP contribution in [0.25, 0.3) is 0 Å². The molecular weight excluding hydrogens is 336 g/mol. The summed E-state index contributed by atoms with van der Waals surface area (Å²) in [5.41, 5.74) is 1.10. The molecule has 1 aromatic carbocycles. The number of amides is 1. The molecule has 0 aliphatic carbocycles. The molecule has 1 aliphatic rings. The van der Waals surface area contributed by atoms with Crippen molar-refractivity contribution in [1.29, 1.82) is 0 Å². The Morgan fingerprint density at radius 2 is 1.96 bits per heavy atom. The number of carbonyl (C=O) groups is 1. The van der Waals surface area contributed by atoms with Crippen molar-refractivity contribution in [3.05, 3.63) is 54.2 Å². The molecule has 7 heteroatoms. The summed E-state index contributed by atoms with van der Waals surface area (Å²) in [6.45, 7) is 3.01. The second-order valence-corrected chi connectivity index (χ2v) is 5.88. The van der Waals surface area contributed by atoms with Gasteiger partial charge < -0.3 is 24.3 Å². The third-order valence-electron chi connectivity index (χ3n) is 3.70. The molecule has 0 bridgehead atoms. The first kappa shape index (κ1) is 18.2. The van der Waals surface area contributed by atoms with Crippen molar-refractivity contribution in [2.45, 2.75) is 25.9 Å². The van der Waals surface area contributed by atoms with E-state index in [0.717, 1.165) is 5.56 Å². The van der Waals surface area contributed by atoms with Gasteiger partial charge in [-0.2, -0.15) is 0 Å². The number of aromatic nitrogens is 1. The molecule has 0 radical (unpaired) electrons. The van der Waals surface area contributed by atoms with Crippen LogP contribution in [0.5, 0.6) is 11.6 Å². The second-order valence-electron chi connectivity index (χ2n) is 5.88. The first-order valence-electron chi connectivity index (χ1n) is 8.46. The van der Waals surface area contributed by atoms with E-state index in [-0.39, 0.29) is 12.0 Å². The van der Waals surface area contributed by atoms with E-state index in [4.69, 9.17) is 18.9 Å². The molecule has 1 saturated heterocycles. The lowest BCUT2D eigenvalue weighted by Gasteiger charge is -2.29. The largest absolute Gasteiger partial charge is 0.487 e. The molecule has 0 saturated carbocycles. The summed E-state index contributed by atoms with van der Waals surface area (Å²) in [6, 6.07) is 13.5. The average Bonchev–Trinajstić information content (AvgIpc) is 2.68. The fourth-order valence-corrected chi connectivity index (χ4v) is 2.37. The van der Waals surface area contributed by atoms with E-state index in [2.05, 4.69) is 10.3 Å². The predicted molar refractivity (Wildman–Crippen MR) is 93.8 cm³/mol. The van der Waals surface area contributed by atoms with Crippen molar-refractivity contribution in [2.75, 3.05) is 19.8 Å². The lowest BCUT2D eigenvalue weighted by Crippen LogP contribution is -2.44. The summed E-state index contributed by atoms with van der Waals surface area (Å²) in [7, 11) is 0. The number of ether oxygens (including phenoxy) is 4. The normalized spacial score (nSPS) is 19.6. The first-order valence-corrected chi connectivity index (χ1v) is 8.46. The maximum atomic E-state index is 10.9. The summed E-state index contributed by atoms with van der Waals surface area (Å²) >= 11 is 0. The van der Waals surface area contributed by atoms with Crippen LogP contribution in [0.4, 0.5) is 0 Å². The van der Waals surface area contributed by atoms with Gasteiger partial charge in [0.1, 0.15) is 18.5 Å². The van der Waals surface area contributed by atoms with Crippen LogP contribution in [-0.2, 0) is 20.9 Å². The number of benzene rings is 1. The van der Waals surface area contributed by atoms with Crippen molar-refractivity contribution < 1.29 is 23.7 Å². The van der Waals surface area contributed by atoms with Gasteiger partial charge in [0.15, 0.2) is 6.29 Å². The quantitative estimate of drug-likeness (QED) is 0.815. The van der Waals surface area contributed by atoms with Crippen LogP contribution in [0, 0.1) is 0 Å².